The molecule has 2 aromatic carbocycles. The molecule has 1 aliphatic heterocycles. The minimum Gasteiger partial charge on any atom is -0.391 e. The van der Waals surface area contributed by atoms with E-state index in [2.05, 4.69) is 27.7 Å². The second-order valence-corrected chi connectivity index (χ2v) is 9.60. The van der Waals surface area contributed by atoms with Crippen LogP contribution >= 0.6 is 0 Å². The second-order valence-electron chi connectivity index (χ2n) is 9.60. The SMILES string of the molecule is Cc1cccc(C)c1NC(=O)C1(NCc2ccccc2)CCN(C2CCCCC2O)CC1. The summed E-state index contributed by atoms with van der Waals surface area (Å²) in [6.07, 6.45) is 5.48. The van der Waals surface area contributed by atoms with Gasteiger partial charge in [0.25, 0.3) is 0 Å². The van der Waals surface area contributed by atoms with E-state index in [0.717, 1.165) is 62.0 Å². The number of para-hydroxylation sites is 1. The van der Waals surface area contributed by atoms with Gasteiger partial charge in [-0.25, -0.2) is 0 Å². The molecule has 0 spiro atoms. The lowest BCUT2D eigenvalue weighted by Crippen LogP contribution is -2.62. The van der Waals surface area contributed by atoms with Gasteiger partial charge in [0, 0.05) is 31.4 Å². The highest BCUT2D eigenvalue weighted by Gasteiger charge is 2.43. The number of aliphatic hydroxyl groups is 1. The Labute approximate surface area is 192 Å². The molecule has 0 aromatic heterocycles. The van der Waals surface area contributed by atoms with Gasteiger partial charge in [-0.3, -0.25) is 15.0 Å². The summed E-state index contributed by atoms with van der Waals surface area (Å²) in [7, 11) is 0. The molecule has 0 radical (unpaired) electrons. The molecule has 1 aliphatic carbocycles. The molecule has 1 saturated heterocycles. The molecule has 32 heavy (non-hydrogen) atoms. The third-order valence-electron chi connectivity index (χ3n) is 7.44. The van der Waals surface area contributed by atoms with E-state index in [-0.39, 0.29) is 18.1 Å². The summed E-state index contributed by atoms with van der Waals surface area (Å²) in [5.41, 5.74) is 3.64. The van der Waals surface area contributed by atoms with Crippen LogP contribution < -0.4 is 10.6 Å². The van der Waals surface area contributed by atoms with Gasteiger partial charge in [0.15, 0.2) is 0 Å². The molecule has 0 bridgehead atoms. The van der Waals surface area contributed by atoms with Crippen LogP contribution in [0, 0.1) is 13.8 Å². The Morgan fingerprint density at radius 2 is 1.66 bits per heavy atom. The van der Waals surface area contributed by atoms with Gasteiger partial charge in [-0.1, -0.05) is 61.4 Å². The lowest BCUT2D eigenvalue weighted by molar-refractivity contribution is -0.125. The third-order valence-corrected chi connectivity index (χ3v) is 7.44. The standard InChI is InChI=1S/C27H37N3O2/c1-20-9-8-10-21(2)25(20)29-26(32)27(28-19-22-11-4-3-5-12-22)15-17-30(18-16-27)23-13-6-7-14-24(23)31/h3-5,8-12,23-24,28,31H,6-7,13-19H2,1-2H3,(H,29,32). The molecule has 5 heteroatoms. The van der Waals surface area contributed by atoms with Gasteiger partial charge < -0.3 is 10.4 Å². The molecule has 2 unspecified atom stereocenters. The molecule has 3 N–H and O–H groups in total. The van der Waals surface area contributed by atoms with Crippen molar-refractivity contribution in [2.24, 2.45) is 0 Å². The van der Waals surface area contributed by atoms with E-state index in [9.17, 15) is 9.90 Å². The summed E-state index contributed by atoms with van der Waals surface area (Å²) >= 11 is 0. The summed E-state index contributed by atoms with van der Waals surface area (Å²) in [5.74, 6) is 0.0506. The fourth-order valence-corrected chi connectivity index (χ4v) is 5.35. The van der Waals surface area contributed by atoms with Gasteiger partial charge in [-0.2, -0.15) is 0 Å². The molecule has 1 heterocycles. The number of carbonyl (C=O) groups is 1. The largest absolute Gasteiger partial charge is 0.391 e. The molecular weight excluding hydrogens is 398 g/mol. The first-order chi connectivity index (χ1) is 15.5. The number of aryl methyl sites for hydroxylation is 2. The second kappa shape index (κ2) is 10.2. The molecule has 4 rings (SSSR count). The summed E-state index contributed by atoms with van der Waals surface area (Å²) < 4.78 is 0. The van der Waals surface area contributed by atoms with Gasteiger partial charge in [0.2, 0.25) is 5.91 Å². The maximum atomic E-state index is 13.7. The monoisotopic (exact) mass is 435 g/mol. The van der Waals surface area contributed by atoms with Crippen LogP contribution in [-0.2, 0) is 11.3 Å². The number of carbonyl (C=O) groups excluding carboxylic acids is 1. The number of likely N-dealkylation sites (tertiary alicyclic amines) is 1. The van der Waals surface area contributed by atoms with Crippen molar-refractivity contribution in [1.29, 1.82) is 0 Å². The maximum Gasteiger partial charge on any atom is 0.244 e. The van der Waals surface area contributed by atoms with Gasteiger partial charge in [0.1, 0.15) is 5.54 Å². The molecule has 2 aliphatic rings. The van der Waals surface area contributed by atoms with Crippen LogP contribution in [0.5, 0.6) is 0 Å². The third kappa shape index (κ3) is 5.06. The van der Waals surface area contributed by atoms with E-state index in [4.69, 9.17) is 0 Å². The van der Waals surface area contributed by atoms with Crippen molar-refractivity contribution >= 4 is 11.6 Å². The number of benzene rings is 2. The first-order valence-corrected chi connectivity index (χ1v) is 12.1. The zero-order chi connectivity index (χ0) is 22.6. The number of nitrogens with one attached hydrogen (secondary N) is 2. The van der Waals surface area contributed by atoms with E-state index in [1.54, 1.807) is 0 Å². The molecular formula is C27H37N3O2. The number of rotatable bonds is 6. The van der Waals surface area contributed by atoms with Crippen LogP contribution in [0.3, 0.4) is 0 Å². The molecule has 1 saturated carbocycles. The van der Waals surface area contributed by atoms with Crippen molar-refractivity contribution in [3.05, 3.63) is 65.2 Å². The van der Waals surface area contributed by atoms with E-state index >= 15 is 0 Å². The Kier molecular flexibility index (Phi) is 7.29. The van der Waals surface area contributed by atoms with Crippen LogP contribution in [0.2, 0.25) is 0 Å². The Balaban J connectivity index is 1.51. The van der Waals surface area contributed by atoms with Gasteiger partial charge in [0.05, 0.1) is 6.10 Å². The highest BCUT2D eigenvalue weighted by Crippen LogP contribution is 2.31. The summed E-state index contributed by atoms with van der Waals surface area (Å²) in [5, 5.41) is 17.4. The number of hydrogen-bond acceptors (Lipinski definition) is 4. The lowest BCUT2D eigenvalue weighted by atomic mass is 9.83. The zero-order valence-electron chi connectivity index (χ0n) is 19.4. The Hall–Kier alpha value is -2.21. The molecule has 172 valence electrons. The van der Waals surface area contributed by atoms with Crippen LogP contribution in [0.15, 0.2) is 48.5 Å². The van der Waals surface area contributed by atoms with Crippen molar-refractivity contribution in [3.8, 4) is 0 Å². The maximum absolute atomic E-state index is 13.7. The molecule has 1 amide bonds. The normalized spacial score (nSPS) is 23.6. The minimum atomic E-state index is -0.624. The number of nitrogens with zero attached hydrogens (tertiary/aromatic N) is 1. The number of aliphatic hydroxyl groups excluding tert-OH is 1. The van der Waals surface area contributed by atoms with Crippen molar-refractivity contribution in [1.82, 2.24) is 10.2 Å². The first kappa shape index (κ1) is 23.0. The van der Waals surface area contributed by atoms with Crippen molar-refractivity contribution in [2.45, 2.75) is 76.6 Å². The zero-order valence-corrected chi connectivity index (χ0v) is 19.4. The highest BCUT2D eigenvalue weighted by molar-refractivity contribution is 5.99. The summed E-state index contributed by atoms with van der Waals surface area (Å²) in [6.45, 7) is 6.39. The topological polar surface area (TPSA) is 64.6 Å². The van der Waals surface area contributed by atoms with Crippen molar-refractivity contribution < 1.29 is 9.90 Å². The number of anilines is 1. The smallest absolute Gasteiger partial charge is 0.244 e. The van der Waals surface area contributed by atoms with Gasteiger partial charge in [-0.05, 0) is 56.2 Å². The van der Waals surface area contributed by atoms with E-state index in [1.807, 2.05) is 50.2 Å². The van der Waals surface area contributed by atoms with Crippen LogP contribution in [0.1, 0.15) is 55.2 Å². The predicted molar refractivity (Wildman–Crippen MR) is 130 cm³/mol. The van der Waals surface area contributed by atoms with E-state index < -0.39 is 5.54 Å². The Bertz CT molecular complexity index is 886. The predicted octanol–water partition coefficient (Wildman–Crippen LogP) is 4.17. The first-order valence-electron chi connectivity index (χ1n) is 12.1. The van der Waals surface area contributed by atoms with Crippen LogP contribution in [0.4, 0.5) is 5.69 Å². The summed E-state index contributed by atoms with van der Waals surface area (Å²) in [6, 6.07) is 16.6. The lowest BCUT2D eigenvalue weighted by Gasteiger charge is -2.46. The molecule has 2 atom stereocenters. The molecule has 2 aromatic rings. The average molecular weight is 436 g/mol. The fourth-order valence-electron chi connectivity index (χ4n) is 5.35. The number of amides is 1. The van der Waals surface area contributed by atoms with Crippen molar-refractivity contribution in [3.63, 3.8) is 0 Å². The number of piperidine rings is 1. The molecule has 2 fully saturated rings. The van der Waals surface area contributed by atoms with E-state index in [0.29, 0.717) is 6.54 Å². The average Bonchev–Trinajstić information content (AvgIpc) is 2.81. The Morgan fingerprint density at radius 1 is 1.00 bits per heavy atom. The minimum absolute atomic E-state index is 0.0506. The van der Waals surface area contributed by atoms with E-state index in [1.165, 1.54) is 12.0 Å². The van der Waals surface area contributed by atoms with Gasteiger partial charge >= 0.3 is 0 Å². The van der Waals surface area contributed by atoms with Gasteiger partial charge in [-0.15, -0.1) is 0 Å². The fraction of sp³-hybridized carbons (Fsp3) is 0.519. The highest BCUT2D eigenvalue weighted by atomic mass is 16.3. The Morgan fingerprint density at radius 3 is 2.31 bits per heavy atom. The summed E-state index contributed by atoms with van der Waals surface area (Å²) in [4.78, 5) is 16.1. The van der Waals surface area contributed by atoms with Crippen molar-refractivity contribution in [2.75, 3.05) is 18.4 Å². The van der Waals surface area contributed by atoms with Crippen LogP contribution in [-0.4, -0.2) is 46.7 Å². The van der Waals surface area contributed by atoms with Crippen LogP contribution in [0.25, 0.3) is 0 Å². The number of hydrogen-bond donors (Lipinski definition) is 3. The quantitative estimate of drug-likeness (QED) is 0.637. The molecule has 5 nitrogen and oxygen atoms in total.